The average Bonchev–Trinajstić information content (AvgIpc) is 3.09. The zero-order chi connectivity index (χ0) is 23.9. The maximum Gasteiger partial charge on any atom is 0.398 e. The van der Waals surface area contributed by atoms with Crippen molar-refractivity contribution in [1.29, 1.82) is 0 Å². The minimum absolute atomic E-state index is 0.0733. The molecular weight excluding hydrogens is 445 g/mol. The third kappa shape index (κ3) is 4.71. The summed E-state index contributed by atoms with van der Waals surface area (Å²) in [5.74, 6) is -1.00. The number of sulfone groups is 1. The van der Waals surface area contributed by atoms with Gasteiger partial charge < -0.3 is 5.32 Å². The van der Waals surface area contributed by atoms with Crippen LogP contribution in [-0.4, -0.2) is 32.5 Å². The molecule has 2 aromatic rings. The predicted octanol–water partition coefficient (Wildman–Crippen LogP) is 3.67. The highest BCUT2D eigenvalue weighted by atomic mass is 32.2. The van der Waals surface area contributed by atoms with Crippen LogP contribution in [0.1, 0.15) is 43.0 Å². The normalized spacial score (nSPS) is 18.0. The fourth-order valence-corrected chi connectivity index (χ4v) is 4.47. The van der Waals surface area contributed by atoms with Gasteiger partial charge in [-0.3, -0.25) is 14.9 Å². The van der Waals surface area contributed by atoms with Crippen molar-refractivity contribution in [3.8, 4) is 0 Å². The molecule has 172 valence electrons. The van der Waals surface area contributed by atoms with E-state index in [0.717, 1.165) is 20.1 Å². The molecule has 0 saturated carbocycles. The summed E-state index contributed by atoms with van der Waals surface area (Å²) in [6, 6.07) is 9.03. The number of hydrogen-bond donors (Lipinski definition) is 2. The Morgan fingerprint density at radius 3 is 2.28 bits per heavy atom. The first kappa shape index (κ1) is 23.9. The smallest absolute Gasteiger partial charge is 0.324 e. The Balaban J connectivity index is 1.79. The quantitative estimate of drug-likeness (QED) is 0.675. The van der Waals surface area contributed by atoms with Crippen LogP contribution in [0.5, 0.6) is 0 Å². The van der Waals surface area contributed by atoms with Crippen molar-refractivity contribution >= 4 is 27.2 Å². The third-order valence-electron chi connectivity index (χ3n) is 5.63. The predicted molar refractivity (Wildman–Crippen MR) is 113 cm³/mol. The lowest BCUT2D eigenvalue weighted by Gasteiger charge is -2.31. The van der Waals surface area contributed by atoms with Gasteiger partial charge in [0.15, 0.2) is 9.84 Å². The molecule has 3 rings (SSSR count). The molecule has 10 heteroatoms. The molecule has 0 spiro atoms. The fourth-order valence-electron chi connectivity index (χ4n) is 3.80. The molecule has 0 radical (unpaired) electrons. The highest BCUT2D eigenvalue weighted by molar-refractivity contribution is 7.90. The molecule has 0 aliphatic carbocycles. The molecule has 1 heterocycles. The van der Waals surface area contributed by atoms with Crippen LogP contribution in [0.3, 0.4) is 0 Å². The number of hydrogen-bond acceptors (Lipinski definition) is 5. The summed E-state index contributed by atoms with van der Waals surface area (Å²) in [7, 11) is -3.37. The van der Waals surface area contributed by atoms with Crippen molar-refractivity contribution in [2.24, 2.45) is 0 Å². The van der Waals surface area contributed by atoms with Gasteiger partial charge in [0.05, 0.1) is 10.3 Å². The van der Waals surface area contributed by atoms with E-state index in [0.29, 0.717) is 23.4 Å². The molecule has 2 N–H and O–H groups in total. The zero-order valence-corrected chi connectivity index (χ0v) is 18.5. The van der Waals surface area contributed by atoms with Crippen LogP contribution in [-0.2, 0) is 31.4 Å². The van der Waals surface area contributed by atoms with Gasteiger partial charge in [-0.25, -0.2) is 8.42 Å². The van der Waals surface area contributed by atoms with Gasteiger partial charge in [0.2, 0.25) is 5.91 Å². The highest BCUT2D eigenvalue weighted by Gasteiger charge is 2.52. The summed E-state index contributed by atoms with van der Waals surface area (Å²) in [5.41, 5.74) is -0.777. The maximum absolute atomic E-state index is 13.6. The maximum atomic E-state index is 13.6. The van der Waals surface area contributed by atoms with Crippen molar-refractivity contribution in [1.82, 2.24) is 5.32 Å². The first-order chi connectivity index (χ1) is 14.7. The van der Waals surface area contributed by atoms with Crippen LogP contribution in [0.4, 0.5) is 18.9 Å². The van der Waals surface area contributed by atoms with E-state index >= 15 is 0 Å². The Hall–Kier alpha value is -2.72. The zero-order valence-electron chi connectivity index (χ0n) is 17.7. The number of anilines is 1. The minimum atomic E-state index is -4.62. The molecular formula is C22H23F3N2O4S. The molecule has 1 aliphatic heterocycles. The highest BCUT2D eigenvalue weighted by Crippen LogP contribution is 2.44. The lowest BCUT2D eigenvalue weighted by atomic mass is 9.77. The van der Waals surface area contributed by atoms with Gasteiger partial charge in [-0.2, -0.15) is 13.2 Å². The summed E-state index contributed by atoms with van der Waals surface area (Å²) in [6.45, 7) is 2.40. The molecule has 0 saturated heterocycles. The van der Waals surface area contributed by atoms with Crippen molar-refractivity contribution in [3.63, 3.8) is 0 Å². The third-order valence-corrected chi connectivity index (χ3v) is 6.74. The fraction of sp³-hybridized carbons (Fsp3) is 0.364. The van der Waals surface area contributed by atoms with E-state index in [4.69, 9.17) is 0 Å². The van der Waals surface area contributed by atoms with Crippen molar-refractivity contribution in [3.05, 3.63) is 59.2 Å². The lowest BCUT2D eigenvalue weighted by molar-refractivity contribution is -0.188. The van der Waals surface area contributed by atoms with E-state index in [2.05, 4.69) is 10.6 Å². The van der Waals surface area contributed by atoms with Crippen LogP contribution in [0.15, 0.2) is 47.4 Å². The first-order valence-electron chi connectivity index (χ1n) is 9.76. The number of nitrogens with one attached hydrogen (secondary N) is 2. The van der Waals surface area contributed by atoms with E-state index in [1.54, 1.807) is 6.07 Å². The Kier molecular flexibility index (Phi) is 6.23. The molecule has 0 aromatic heterocycles. The number of ketones is 1. The van der Waals surface area contributed by atoms with Crippen molar-refractivity contribution < 1.29 is 31.2 Å². The summed E-state index contributed by atoms with van der Waals surface area (Å²) >= 11 is 0. The van der Waals surface area contributed by atoms with Crippen LogP contribution in [0, 0.1) is 0 Å². The number of halogens is 3. The van der Waals surface area contributed by atoms with Gasteiger partial charge in [-0.05, 0) is 54.8 Å². The van der Waals surface area contributed by atoms with Gasteiger partial charge in [0.25, 0.3) is 0 Å². The summed E-state index contributed by atoms with van der Waals surface area (Å²) in [5, 5.41) is 5.66. The van der Waals surface area contributed by atoms with Gasteiger partial charge >= 0.3 is 6.18 Å². The number of amides is 1. The first-order valence-corrected chi connectivity index (χ1v) is 11.7. The Morgan fingerprint density at radius 2 is 1.75 bits per heavy atom. The van der Waals surface area contributed by atoms with Crippen LogP contribution >= 0.6 is 0 Å². The number of carbonyl (C=O) groups excluding carboxylic acids is 2. The second-order valence-electron chi connectivity index (χ2n) is 8.22. The van der Waals surface area contributed by atoms with E-state index < -0.39 is 45.6 Å². The Morgan fingerprint density at radius 1 is 1.12 bits per heavy atom. The van der Waals surface area contributed by atoms with E-state index in [1.807, 2.05) is 0 Å². The van der Waals surface area contributed by atoms with Crippen molar-refractivity contribution in [2.45, 2.75) is 49.3 Å². The minimum Gasteiger partial charge on any atom is -0.324 e. The average molecular weight is 468 g/mol. The Labute approximate surface area is 184 Å². The molecule has 1 amide bonds. The standard InChI is InChI=1S/C22H23F3N2O4S/c1-13(28)11-21(2,22(23,24)25)15-4-6-16(7-5-15)27-20(29)19-18-9-8-17(32(3,30)31)10-14(18)12-26-19/h4-10,19,26H,11-12H2,1-3H3,(H,27,29). The molecule has 2 atom stereocenters. The van der Waals surface area contributed by atoms with Crippen LogP contribution in [0.2, 0.25) is 0 Å². The SMILES string of the molecule is CC(=O)CC(C)(c1ccc(NC(=O)C2NCc3cc(S(C)(=O)=O)ccc32)cc1)C(F)(F)F. The van der Waals surface area contributed by atoms with Gasteiger partial charge in [0, 0.05) is 24.9 Å². The summed E-state index contributed by atoms with van der Waals surface area (Å²) < 4.78 is 64.4. The lowest BCUT2D eigenvalue weighted by Crippen LogP contribution is -2.41. The summed E-state index contributed by atoms with van der Waals surface area (Å²) in [6.07, 6.45) is -4.20. The number of fused-ring (bicyclic) bond motifs is 1. The molecule has 2 unspecified atom stereocenters. The van der Waals surface area contributed by atoms with Gasteiger partial charge in [0.1, 0.15) is 11.8 Å². The Bertz CT molecular complexity index is 1160. The topological polar surface area (TPSA) is 92.3 Å². The van der Waals surface area contributed by atoms with E-state index in [1.165, 1.54) is 36.4 Å². The summed E-state index contributed by atoms with van der Waals surface area (Å²) in [4.78, 5) is 24.3. The number of rotatable bonds is 6. The van der Waals surface area contributed by atoms with Gasteiger partial charge in [-0.15, -0.1) is 0 Å². The second-order valence-corrected chi connectivity index (χ2v) is 10.2. The molecule has 1 aliphatic rings. The molecule has 2 aromatic carbocycles. The van der Waals surface area contributed by atoms with E-state index in [9.17, 15) is 31.2 Å². The molecule has 0 bridgehead atoms. The number of alkyl halides is 3. The number of Topliss-reactive ketones (excluding diaryl/α,β-unsaturated/α-hetero) is 1. The molecule has 0 fully saturated rings. The molecule has 6 nitrogen and oxygen atoms in total. The number of carbonyl (C=O) groups is 2. The number of benzene rings is 2. The molecule has 32 heavy (non-hydrogen) atoms. The van der Waals surface area contributed by atoms with Crippen molar-refractivity contribution in [2.75, 3.05) is 11.6 Å². The van der Waals surface area contributed by atoms with Crippen LogP contribution < -0.4 is 10.6 Å². The second kappa shape index (κ2) is 8.32. The monoisotopic (exact) mass is 468 g/mol. The van der Waals surface area contributed by atoms with E-state index in [-0.39, 0.29) is 10.5 Å². The van der Waals surface area contributed by atoms with Gasteiger partial charge in [-0.1, -0.05) is 18.2 Å². The van der Waals surface area contributed by atoms with Crippen LogP contribution in [0.25, 0.3) is 0 Å². The largest absolute Gasteiger partial charge is 0.398 e.